The van der Waals surface area contributed by atoms with Crippen molar-refractivity contribution in [2.24, 2.45) is 4.99 Å². The van der Waals surface area contributed by atoms with Crippen molar-refractivity contribution in [1.82, 2.24) is 10.2 Å². The number of rotatable bonds is 3. The summed E-state index contributed by atoms with van der Waals surface area (Å²) in [6, 6.07) is 0. The minimum atomic E-state index is -0.520. The monoisotopic (exact) mass is 325 g/mol. The van der Waals surface area contributed by atoms with Crippen LogP contribution >= 0.6 is 11.8 Å². The van der Waals surface area contributed by atoms with Gasteiger partial charge in [0.05, 0.1) is 12.1 Å². The number of aliphatic hydroxyl groups is 1. The first-order valence-corrected chi connectivity index (χ1v) is 10.0. The lowest BCUT2D eigenvalue weighted by Gasteiger charge is -2.45. The van der Waals surface area contributed by atoms with E-state index in [0.717, 1.165) is 44.9 Å². The van der Waals surface area contributed by atoms with Gasteiger partial charge in [0.2, 0.25) is 0 Å². The molecule has 1 saturated heterocycles. The number of thioether (sulfide) groups is 1. The van der Waals surface area contributed by atoms with Crippen molar-refractivity contribution in [3.8, 4) is 0 Å². The molecule has 1 aliphatic heterocycles. The number of guanidine groups is 1. The Hall–Kier alpha value is -0.420. The van der Waals surface area contributed by atoms with Crippen molar-refractivity contribution in [2.75, 3.05) is 31.9 Å². The zero-order valence-corrected chi connectivity index (χ0v) is 14.8. The van der Waals surface area contributed by atoms with E-state index in [1.54, 1.807) is 0 Å². The lowest BCUT2D eigenvalue weighted by molar-refractivity contribution is -0.0237. The molecule has 5 heteroatoms. The molecule has 0 unspecified atom stereocenters. The molecule has 0 aromatic rings. The lowest BCUT2D eigenvalue weighted by atomic mass is 9.80. The van der Waals surface area contributed by atoms with Gasteiger partial charge >= 0.3 is 0 Å². The van der Waals surface area contributed by atoms with Gasteiger partial charge in [-0.1, -0.05) is 19.3 Å². The quantitative estimate of drug-likeness (QED) is 0.618. The summed E-state index contributed by atoms with van der Waals surface area (Å²) in [4.78, 5) is 7.23. The van der Waals surface area contributed by atoms with Crippen LogP contribution in [-0.4, -0.2) is 58.2 Å². The third-order valence-electron chi connectivity index (χ3n) is 5.46. The Morgan fingerprint density at radius 1 is 1.18 bits per heavy atom. The van der Waals surface area contributed by atoms with Gasteiger partial charge in [0.1, 0.15) is 0 Å². The lowest BCUT2D eigenvalue weighted by Crippen LogP contribution is -2.54. The van der Waals surface area contributed by atoms with Crippen molar-refractivity contribution in [1.29, 1.82) is 0 Å². The maximum absolute atomic E-state index is 10.3. The average molecular weight is 326 g/mol. The van der Waals surface area contributed by atoms with E-state index in [1.807, 2.05) is 0 Å². The Bertz CT molecular complexity index is 397. The maximum Gasteiger partial charge on any atom is 0.194 e. The summed E-state index contributed by atoms with van der Waals surface area (Å²) in [5.41, 5.74) is -0.520. The van der Waals surface area contributed by atoms with Gasteiger partial charge in [-0.15, -0.1) is 0 Å². The van der Waals surface area contributed by atoms with E-state index in [0.29, 0.717) is 11.3 Å². The number of aliphatic imine (C=N–C) groups is 1. The molecule has 0 radical (unpaired) electrons. The Kier molecular flexibility index (Phi) is 5.23. The van der Waals surface area contributed by atoms with Gasteiger partial charge in [0, 0.05) is 30.1 Å². The zero-order chi connectivity index (χ0) is 15.5. The van der Waals surface area contributed by atoms with Gasteiger partial charge in [-0.25, -0.2) is 0 Å². The molecule has 126 valence electrons. The van der Waals surface area contributed by atoms with Crippen LogP contribution in [0.25, 0.3) is 0 Å². The summed E-state index contributed by atoms with van der Waals surface area (Å²) in [6.45, 7) is 5.79. The second-order valence-corrected chi connectivity index (χ2v) is 8.82. The smallest absolute Gasteiger partial charge is 0.194 e. The van der Waals surface area contributed by atoms with Crippen LogP contribution in [0.1, 0.15) is 58.3 Å². The van der Waals surface area contributed by atoms with Crippen molar-refractivity contribution >= 4 is 17.7 Å². The summed E-state index contributed by atoms with van der Waals surface area (Å²) in [5, 5.41) is 13.8. The van der Waals surface area contributed by atoms with E-state index in [4.69, 9.17) is 4.99 Å². The summed E-state index contributed by atoms with van der Waals surface area (Å²) < 4.78 is 0.458. The third kappa shape index (κ3) is 3.73. The number of hydrogen-bond acceptors (Lipinski definition) is 3. The van der Waals surface area contributed by atoms with Crippen LogP contribution in [0.5, 0.6) is 0 Å². The predicted molar refractivity (Wildman–Crippen MR) is 94.6 cm³/mol. The largest absolute Gasteiger partial charge is 0.388 e. The van der Waals surface area contributed by atoms with E-state index >= 15 is 0 Å². The molecule has 2 aliphatic carbocycles. The van der Waals surface area contributed by atoms with Gasteiger partial charge < -0.3 is 15.3 Å². The van der Waals surface area contributed by atoms with Gasteiger partial charge in [-0.2, -0.15) is 11.8 Å². The fraction of sp³-hybridized carbons (Fsp3) is 0.941. The molecule has 0 atom stereocenters. The van der Waals surface area contributed by atoms with Crippen LogP contribution in [0, 0.1) is 0 Å². The van der Waals surface area contributed by atoms with Crippen LogP contribution in [0.15, 0.2) is 4.99 Å². The molecule has 22 heavy (non-hydrogen) atoms. The van der Waals surface area contributed by atoms with Crippen molar-refractivity contribution in [3.63, 3.8) is 0 Å². The molecular weight excluding hydrogens is 294 g/mol. The molecule has 1 spiro atoms. The normalized spacial score (nSPS) is 27.5. The highest BCUT2D eigenvalue weighted by molar-refractivity contribution is 8.00. The summed E-state index contributed by atoms with van der Waals surface area (Å²) in [5.74, 6) is 2.22. The SMILES string of the molecule is CCNC(=NCC1(O)CCC1)N1CCSC2(CCCCC2)C1. The Morgan fingerprint density at radius 3 is 2.59 bits per heavy atom. The fourth-order valence-corrected chi connectivity index (χ4v) is 5.48. The molecule has 3 aliphatic rings. The second kappa shape index (κ2) is 7.00. The Labute approximate surface area is 139 Å². The highest BCUT2D eigenvalue weighted by Gasteiger charge is 2.39. The number of nitrogens with one attached hydrogen (secondary N) is 1. The van der Waals surface area contributed by atoms with Crippen molar-refractivity contribution in [2.45, 2.75) is 68.6 Å². The molecule has 4 nitrogen and oxygen atoms in total. The number of nitrogens with zero attached hydrogens (tertiary/aromatic N) is 2. The van der Waals surface area contributed by atoms with Gasteiger partial charge in [-0.05, 0) is 39.0 Å². The average Bonchev–Trinajstić information content (AvgIpc) is 2.50. The zero-order valence-electron chi connectivity index (χ0n) is 13.9. The highest BCUT2D eigenvalue weighted by atomic mass is 32.2. The first-order chi connectivity index (χ1) is 10.6. The molecule has 3 rings (SSSR count). The maximum atomic E-state index is 10.3. The predicted octanol–water partition coefficient (Wildman–Crippen LogP) is 2.62. The minimum absolute atomic E-state index is 0.458. The molecule has 0 amide bonds. The summed E-state index contributed by atoms with van der Waals surface area (Å²) in [6.07, 6.45) is 9.86. The molecule has 2 saturated carbocycles. The highest BCUT2D eigenvalue weighted by Crippen LogP contribution is 2.42. The molecule has 3 fully saturated rings. The van der Waals surface area contributed by atoms with Gasteiger partial charge in [0.25, 0.3) is 0 Å². The third-order valence-corrected chi connectivity index (χ3v) is 6.99. The summed E-state index contributed by atoms with van der Waals surface area (Å²) in [7, 11) is 0. The first-order valence-electron chi connectivity index (χ1n) is 9.04. The van der Waals surface area contributed by atoms with Crippen molar-refractivity contribution < 1.29 is 5.11 Å². The standard InChI is InChI=1S/C17H31N3OS/c1-2-18-15(19-13-16(21)7-6-8-16)20-11-12-22-17(14-20)9-4-3-5-10-17/h21H,2-14H2,1H3,(H,18,19). The van der Waals surface area contributed by atoms with E-state index in [-0.39, 0.29) is 0 Å². The fourth-order valence-electron chi connectivity index (χ4n) is 3.92. The topological polar surface area (TPSA) is 47.9 Å². The first kappa shape index (κ1) is 16.4. The molecule has 1 heterocycles. The summed E-state index contributed by atoms with van der Waals surface area (Å²) >= 11 is 2.19. The van der Waals surface area contributed by atoms with E-state index < -0.39 is 5.60 Å². The van der Waals surface area contributed by atoms with E-state index in [9.17, 15) is 5.11 Å². The molecule has 0 aromatic heterocycles. The van der Waals surface area contributed by atoms with Crippen LogP contribution < -0.4 is 5.32 Å². The Balaban J connectivity index is 1.66. The number of hydrogen-bond donors (Lipinski definition) is 2. The van der Waals surface area contributed by atoms with Crippen LogP contribution in [0.2, 0.25) is 0 Å². The molecule has 0 aromatic carbocycles. The van der Waals surface area contributed by atoms with Crippen LogP contribution in [0.4, 0.5) is 0 Å². The van der Waals surface area contributed by atoms with Crippen molar-refractivity contribution in [3.05, 3.63) is 0 Å². The van der Waals surface area contributed by atoms with Crippen LogP contribution in [0.3, 0.4) is 0 Å². The molecule has 2 N–H and O–H groups in total. The van der Waals surface area contributed by atoms with E-state index in [2.05, 4.69) is 28.9 Å². The minimum Gasteiger partial charge on any atom is -0.388 e. The van der Waals surface area contributed by atoms with Gasteiger partial charge in [-0.3, -0.25) is 4.99 Å². The Morgan fingerprint density at radius 2 is 1.95 bits per heavy atom. The molecule has 0 bridgehead atoms. The second-order valence-electron chi connectivity index (χ2n) is 7.26. The van der Waals surface area contributed by atoms with Gasteiger partial charge in [0.15, 0.2) is 5.96 Å². The molecular formula is C17H31N3OS. The van der Waals surface area contributed by atoms with Crippen LogP contribution in [-0.2, 0) is 0 Å². The van der Waals surface area contributed by atoms with E-state index in [1.165, 1.54) is 37.9 Å².